The summed E-state index contributed by atoms with van der Waals surface area (Å²) in [4.78, 5) is 5.91. The molecule has 0 aliphatic carbocycles. The molecule has 0 aliphatic heterocycles. The van der Waals surface area contributed by atoms with Crippen LogP contribution in [0.1, 0.15) is 16.8 Å². The number of nitrogens with zero attached hydrogens (tertiary/aromatic N) is 2. The van der Waals surface area contributed by atoms with Crippen LogP contribution in [0.5, 0.6) is 0 Å². The summed E-state index contributed by atoms with van der Waals surface area (Å²) in [5, 5.41) is 0. The maximum atomic E-state index is 5.84. The molecule has 0 saturated heterocycles. The third kappa shape index (κ3) is 2.51. The highest BCUT2D eigenvalue weighted by Crippen LogP contribution is 2.25. The Bertz CT molecular complexity index is 762. The number of hydrogen-bond acceptors (Lipinski definition) is 3. The van der Waals surface area contributed by atoms with E-state index in [2.05, 4.69) is 40.7 Å². The number of fused-ring (bicyclic) bond motifs is 1. The molecule has 0 spiro atoms. The molecule has 0 unspecified atom stereocenters. The van der Waals surface area contributed by atoms with E-state index in [-0.39, 0.29) is 0 Å². The fourth-order valence-electron chi connectivity index (χ4n) is 2.17. The minimum atomic E-state index is 0.845. The highest BCUT2D eigenvalue weighted by atomic mass is 32.2. The van der Waals surface area contributed by atoms with Crippen molar-refractivity contribution in [3.63, 3.8) is 0 Å². The number of nitrogen functional groups attached to an aromatic ring is 1. The predicted molar refractivity (Wildman–Crippen MR) is 85.1 cm³/mol. The number of thioether (sulfide) groups is 1. The minimum Gasteiger partial charge on any atom is -0.399 e. The van der Waals surface area contributed by atoms with E-state index >= 15 is 0 Å². The summed E-state index contributed by atoms with van der Waals surface area (Å²) >= 11 is 1.79. The van der Waals surface area contributed by atoms with Crippen LogP contribution in [0, 0.1) is 13.8 Å². The van der Waals surface area contributed by atoms with Crippen molar-refractivity contribution in [3.8, 4) is 0 Å². The third-order valence-corrected chi connectivity index (χ3v) is 4.38. The number of anilines is 1. The zero-order chi connectivity index (χ0) is 14.1. The second-order valence-electron chi connectivity index (χ2n) is 4.96. The summed E-state index contributed by atoms with van der Waals surface area (Å²) < 4.78 is 2.08. The van der Waals surface area contributed by atoms with Crippen molar-refractivity contribution >= 4 is 23.1 Å². The first-order chi connectivity index (χ1) is 9.63. The molecule has 3 aromatic rings. The molecule has 0 aliphatic rings. The van der Waals surface area contributed by atoms with E-state index in [4.69, 9.17) is 5.73 Å². The molecule has 20 heavy (non-hydrogen) atoms. The van der Waals surface area contributed by atoms with E-state index in [1.54, 1.807) is 11.8 Å². The molecule has 4 heteroatoms. The van der Waals surface area contributed by atoms with Crippen molar-refractivity contribution in [2.75, 3.05) is 5.73 Å². The second-order valence-corrected chi connectivity index (χ2v) is 6.01. The van der Waals surface area contributed by atoms with Gasteiger partial charge in [-0.2, -0.15) is 0 Å². The van der Waals surface area contributed by atoms with Crippen LogP contribution in [0.4, 0.5) is 5.69 Å². The maximum absolute atomic E-state index is 5.84. The normalized spacial score (nSPS) is 11.1. The molecule has 0 atom stereocenters. The first kappa shape index (κ1) is 13.1. The van der Waals surface area contributed by atoms with Gasteiger partial charge in [0.1, 0.15) is 5.65 Å². The van der Waals surface area contributed by atoms with Gasteiger partial charge in [0.15, 0.2) is 0 Å². The van der Waals surface area contributed by atoms with E-state index in [0.717, 1.165) is 28.3 Å². The third-order valence-electron chi connectivity index (χ3n) is 3.36. The monoisotopic (exact) mass is 283 g/mol. The van der Waals surface area contributed by atoms with Gasteiger partial charge in [-0.15, -0.1) is 11.8 Å². The second kappa shape index (κ2) is 5.21. The van der Waals surface area contributed by atoms with Gasteiger partial charge in [0.05, 0.1) is 5.69 Å². The molecule has 3 rings (SSSR count). The minimum absolute atomic E-state index is 0.845. The number of hydrogen-bond donors (Lipinski definition) is 1. The van der Waals surface area contributed by atoms with Gasteiger partial charge in [0.25, 0.3) is 0 Å². The molecule has 2 heterocycles. The Morgan fingerprint density at radius 1 is 1.20 bits per heavy atom. The quantitative estimate of drug-likeness (QED) is 0.587. The molecule has 1 aromatic carbocycles. The lowest BCUT2D eigenvalue weighted by Crippen LogP contribution is -1.89. The van der Waals surface area contributed by atoms with E-state index in [1.807, 2.05) is 25.3 Å². The van der Waals surface area contributed by atoms with Crippen molar-refractivity contribution in [1.29, 1.82) is 0 Å². The van der Waals surface area contributed by atoms with Crippen LogP contribution < -0.4 is 5.73 Å². The Morgan fingerprint density at radius 2 is 2.05 bits per heavy atom. The molecular weight excluding hydrogens is 266 g/mol. The number of benzene rings is 1. The van der Waals surface area contributed by atoms with Gasteiger partial charge in [-0.3, -0.25) is 0 Å². The maximum Gasteiger partial charge on any atom is 0.139 e. The predicted octanol–water partition coefficient (Wildman–Crippen LogP) is 3.83. The van der Waals surface area contributed by atoms with Crippen molar-refractivity contribution in [3.05, 3.63) is 59.5 Å². The van der Waals surface area contributed by atoms with Gasteiger partial charge in [0.2, 0.25) is 0 Å². The number of rotatable bonds is 3. The molecule has 2 aromatic heterocycles. The van der Waals surface area contributed by atoms with Gasteiger partial charge in [-0.25, -0.2) is 4.98 Å². The molecule has 0 amide bonds. The number of nitrogens with two attached hydrogens (primary N) is 1. The summed E-state index contributed by atoms with van der Waals surface area (Å²) in [5.41, 5.74) is 11.1. The van der Waals surface area contributed by atoms with Crippen LogP contribution in [0.25, 0.3) is 5.65 Å². The SMILES string of the molecule is Cc1cc(SCc2cn3cccc(C)c3n2)ccc1N. The number of aromatic nitrogens is 2. The number of aryl methyl sites for hydroxylation is 2. The van der Waals surface area contributed by atoms with Gasteiger partial charge < -0.3 is 10.1 Å². The van der Waals surface area contributed by atoms with Crippen LogP contribution in [-0.2, 0) is 5.75 Å². The summed E-state index contributed by atoms with van der Waals surface area (Å²) in [6.45, 7) is 4.12. The molecule has 0 radical (unpaired) electrons. The average molecular weight is 283 g/mol. The van der Waals surface area contributed by atoms with Crippen LogP contribution in [-0.4, -0.2) is 9.38 Å². The van der Waals surface area contributed by atoms with Crippen LogP contribution in [0.2, 0.25) is 0 Å². The topological polar surface area (TPSA) is 43.3 Å². The Labute approximate surface area is 122 Å². The van der Waals surface area contributed by atoms with Crippen molar-refractivity contribution in [1.82, 2.24) is 9.38 Å². The van der Waals surface area contributed by atoms with Crippen LogP contribution in [0.3, 0.4) is 0 Å². The average Bonchev–Trinajstić information content (AvgIpc) is 2.85. The Morgan fingerprint density at radius 3 is 2.80 bits per heavy atom. The van der Waals surface area contributed by atoms with Gasteiger partial charge in [-0.1, -0.05) is 6.07 Å². The smallest absolute Gasteiger partial charge is 0.139 e. The van der Waals surface area contributed by atoms with Gasteiger partial charge >= 0.3 is 0 Å². The summed E-state index contributed by atoms with van der Waals surface area (Å²) in [7, 11) is 0. The fraction of sp³-hybridized carbons (Fsp3) is 0.188. The van der Waals surface area contributed by atoms with Gasteiger partial charge in [0, 0.05) is 28.7 Å². The lowest BCUT2D eigenvalue weighted by molar-refractivity contribution is 1.16. The molecule has 0 fully saturated rings. The first-order valence-corrected chi connectivity index (χ1v) is 7.54. The molecule has 3 nitrogen and oxygen atoms in total. The van der Waals surface area contributed by atoms with Crippen LogP contribution in [0.15, 0.2) is 47.6 Å². The first-order valence-electron chi connectivity index (χ1n) is 6.55. The standard InChI is InChI=1S/C16H17N3S/c1-11-4-3-7-19-9-13(18-16(11)19)10-20-14-5-6-15(17)12(2)8-14/h3-9H,10,17H2,1-2H3. The summed E-state index contributed by atoms with van der Waals surface area (Å²) in [6, 6.07) is 10.3. The van der Waals surface area contributed by atoms with Crippen molar-refractivity contribution in [2.45, 2.75) is 24.5 Å². The molecule has 102 valence electrons. The largest absolute Gasteiger partial charge is 0.399 e. The molecule has 2 N–H and O–H groups in total. The van der Waals surface area contributed by atoms with Crippen molar-refractivity contribution < 1.29 is 0 Å². The Balaban J connectivity index is 1.79. The summed E-state index contributed by atoms with van der Waals surface area (Å²) in [5.74, 6) is 0.866. The Hall–Kier alpha value is -1.94. The van der Waals surface area contributed by atoms with Gasteiger partial charge in [-0.05, 0) is 49.2 Å². The zero-order valence-corrected chi connectivity index (χ0v) is 12.4. The van der Waals surface area contributed by atoms with E-state index in [0.29, 0.717) is 0 Å². The number of imidazole rings is 1. The highest BCUT2D eigenvalue weighted by molar-refractivity contribution is 7.98. The van der Waals surface area contributed by atoms with Crippen LogP contribution >= 0.6 is 11.8 Å². The lowest BCUT2D eigenvalue weighted by Gasteiger charge is -2.03. The van der Waals surface area contributed by atoms with E-state index < -0.39 is 0 Å². The molecular formula is C16H17N3S. The van der Waals surface area contributed by atoms with E-state index in [1.165, 1.54) is 10.5 Å². The molecule has 0 bridgehead atoms. The van der Waals surface area contributed by atoms with Crippen molar-refractivity contribution in [2.24, 2.45) is 0 Å². The summed E-state index contributed by atoms with van der Waals surface area (Å²) in [6.07, 6.45) is 4.14. The highest BCUT2D eigenvalue weighted by Gasteiger charge is 2.05. The lowest BCUT2D eigenvalue weighted by atomic mass is 10.2. The molecule has 0 saturated carbocycles. The fourth-order valence-corrected chi connectivity index (χ4v) is 3.05. The Kier molecular flexibility index (Phi) is 3.40. The number of pyridine rings is 1. The van der Waals surface area contributed by atoms with E-state index in [9.17, 15) is 0 Å². The zero-order valence-electron chi connectivity index (χ0n) is 11.6.